The second kappa shape index (κ2) is 5.86. The average molecular weight is 376 g/mol. The molecule has 1 heterocycles. The molecule has 0 aliphatic carbocycles. The Morgan fingerprint density at radius 1 is 1.38 bits per heavy atom. The van der Waals surface area contributed by atoms with E-state index in [0.717, 1.165) is 12.1 Å². The minimum Gasteiger partial charge on any atom is -0.481 e. The normalized spacial score (nSPS) is 11.2. The monoisotopic (exact) mass is 375 g/mol. The van der Waals surface area contributed by atoms with Gasteiger partial charge in [-0.05, 0) is 34.1 Å². The van der Waals surface area contributed by atoms with Crippen LogP contribution in [0.5, 0.6) is 5.88 Å². The van der Waals surface area contributed by atoms with Gasteiger partial charge in [0.15, 0.2) is 0 Å². The molecular formula is C12H11BrFN3O3S. The van der Waals surface area contributed by atoms with Crippen molar-refractivity contribution >= 4 is 37.3 Å². The predicted octanol–water partition coefficient (Wildman–Crippen LogP) is 2.37. The van der Waals surface area contributed by atoms with Crippen molar-refractivity contribution in [2.45, 2.75) is 4.90 Å². The quantitative estimate of drug-likeness (QED) is 0.799. The van der Waals surface area contributed by atoms with E-state index >= 15 is 0 Å². The fourth-order valence-corrected chi connectivity index (χ4v) is 2.98. The van der Waals surface area contributed by atoms with Crippen molar-refractivity contribution in [1.82, 2.24) is 4.98 Å². The fraction of sp³-hybridized carbons (Fsp3) is 0.0833. The van der Waals surface area contributed by atoms with E-state index in [0.29, 0.717) is 5.88 Å². The molecule has 2 rings (SSSR count). The summed E-state index contributed by atoms with van der Waals surface area (Å²) in [7, 11) is -2.67. The summed E-state index contributed by atoms with van der Waals surface area (Å²) in [5.41, 5.74) is 5.88. The number of anilines is 2. The Balaban J connectivity index is 2.35. The summed E-state index contributed by atoms with van der Waals surface area (Å²) in [4.78, 5) is 3.31. The van der Waals surface area contributed by atoms with Gasteiger partial charge in [-0.3, -0.25) is 4.72 Å². The number of sulfonamides is 1. The van der Waals surface area contributed by atoms with Crippen LogP contribution in [0.4, 0.5) is 15.8 Å². The second-order valence-electron chi connectivity index (χ2n) is 4.00. The second-order valence-corrected chi connectivity index (χ2v) is 6.50. The lowest BCUT2D eigenvalue weighted by Gasteiger charge is -2.10. The Kier molecular flexibility index (Phi) is 4.33. The molecule has 1 aromatic carbocycles. The van der Waals surface area contributed by atoms with Gasteiger partial charge in [0.25, 0.3) is 10.0 Å². The van der Waals surface area contributed by atoms with Gasteiger partial charge in [0.05, 0.1) is 19.0 Å². The Hall–Kier alpha value is -1.87. The molecule has 0 aliphatic heterocycles. The number of halogens is 2. The first-order valence-electron chi connectivity index (χ1n) is 5.61. The van der Waals surface area contributed by atoms with Crippen LogP contribution in [0.1, 0.15) is 0 Å². The van der Waals surface area contributed by atoms with Gasteiger partial charge in [-0.1, -0.05) is 0 Å². The van der Waals surface area contributed by atoms with Gasteiger partial charge in [-0.25, -0.2) is 17.8 Å². The molecule has 21 heavy (non-hydrogen) atoms. The maximum Gasteiger partial charge on any atom is 0.264 e. The van der Waals surface area contributed by atoms with Gasteiger partial charge in [0.2, 0.25) is 5.88 Å². The predicted molar refractivity (Wildman–Crippen MR) is 80.1 cm³/mol. The zero-order valence-corrected chi connectivity index (χ0v) is 13.2. The van der Waals surface area contributed by atoms with Crippen LogP contribution in [0, 0.1) is 5.82 Å². The molecule has 0 unspecified atom stereocenters. The molecule has 0 fully saturated rings. The van der Waals surface area contributed by atoms with E-state index in [2.05, 4.69) is 25.6 Å². The maximum atomic E-state index is 13.8. The Morgan fingerprint density at radius 3 is 2.67 bits per heavy atom. The molecule has 0 radical (unpaired) electrons. The van der Waals surface area contributed by atoms with E-state index in [1.54, 1.807) is 0 Å². The van der Waals surface area contributed by atoms with Crippen molar-refractivity contribution in [3.8, 4) is 5.88 Å². The third-order valence-corrected chi connectivity index (χ3v) is 4.62. The van der Waals surface area contributed by atoms with Crippen molar-refractivity contribution in [3.63, 3.8) is 0 Å². The lowest BCUT2D eigenvalue weighted by Crippen LogP contribution is -2.15. The first-order chi connectivity index (χ1) is 9.83. The van der Waals surface area contributed by atoms with Crippen LogP contribution in [0.25, 0.3) is 0 Å². The number of nitrogens with zero attached hydrogens (tertiary/aromatic N) is 1. The number of pyridine rings is 1. The van der Waals surface area contributed by atoms with E-state index in [9.17, 15) is 12.8 Å². The molecule has 2 aromatic rings. The van der Waals surface area contributed by atoms with Gasteiger partial charge < -0.3 is 10.5 Å². The molecule has 3 N–H and O–H groups in total. The average Bonchev–Trinajstić information content (AvgIpc) is 2.43. The van der Waals surface area contributed by atoms with E-state index in [-0.39, 0.29) is 15.8 Å². The lowest BCUT2D eigenvalue weighted by atomic mass is 10.3. The molecule has 112 valence electrons. The van der Waals surface area contributed by atoms with Gasteiger partial charge in [-0.15, -0.1) is 0 Å². The number of hydrogen-bond donors (Lipinski definition) is 2. The molecule has 0 amide bonds. The van der Waals surface area contributed by atoms with Crippen molar-refractivity contribution < 1.29 is 17.5 Å². The molecule has 0 bridgehead atoms. The van der Waals surface area contributed by atoms with Crippen LogP contribution >= 0.6 is 15.9 Å². The number of hydrogen-bond acceptors (Lipinski definition) is 5. The number of ether oxygens (including phenoxy) is 1. The number of rotatable bonds is 4. The summed E-state index contributed by atoms with van der Waals surface area (Å²) in [6.45, 7) is 0. The van der Waals surface area contributed by atoms with Crippen LogP contribution in [-0.4, -0.2) is 20.5 Å². The maximum absolute atomic E-state index is 13.8. The third-order valence-electron chi connectivity index (χ3n) is 2.54. The zero-order chi connectivity index (χ0) is 15.6. The van der Waals surface area contributed by atoms with Gasteiger partial charge in [-0.2, -0.15) is 0 Å². The van der Waals surface area contributed by atoms with E-state index in [4.69, 9.17) is 10.5 Å². The number of nitrogens with two attached hydrogens (primary N) is 1. The highest BCUT2D eigenvalue weighted by Crippen LogP contribution is 2.27. The molecule has 0 saturated heterocycles. The SMILES string of the molecule is COc1ccc(NS(=O)(=O)c2cc(N)c(Br)cc2F)cn1. The summed E-state index contributed by atoms with van der Waals surface area (Å²) in [5, 5.41) is 0. The highest BCUT2D eigenvalue weighted by molar-refractivity contribution is 9.10. The van der Waals surface area contributed by atoms with Gasteiger partial charge >= 0.3 is 0 Å². The molecule has 0 spiro atoms. The minimum absolute atomic E-state index is 0.115. The number of nitrogen functional groups attached to an aromatic ring is 1. The third kappa shape index (κ3) is 3.42. The molecule has 0 saturated carbocycles. The van der Waals surface area contributed by atoms with Crippen LogP contribution in [-0.2, 0) is 10.0 Å². The topological polar surface area (TPSA) is 94.3 Å². The van der Waals surface area contributed by atoms with Crippen LogP contribution < -0.4 is 15.2 Å². The smallest absolute Gasteiger partial charge is 0.264 e. The summed E-state index contributed by atoms with van der Waals surface area (Å²) >= 11 is 3.03. The van der Waals surface area contributed by atoms with Gasteiger partial charge in [0.1, 0.15) is 10.7 Å². The summed E-state index contributed by atoms with van der Waals surface area (Å²) < 4.78 is 45.5. The lowest BCUT2D eigenvalue weighted by molar-refractivity contribution is 0.398. The van der Waals surface area contributed by atoms with E-state index < -0.39 is 20.7 Å². The summed E-state index contributed by atoms with van der Waals surface area (Å²) in [6, 6.07) is 4.96. The molecule has 6 nitrogen and oxygen atoms in total. The Labute approximate surface area is 129 Å². The molecule has 9 heteroatoms. The van der Waals surface area contributed by atoms with Gasteiger partial charge in [0, 0.05) is 16.2 Å². The molecule has 0 aliphatic rings. The summed E-state index contributed by atoms with van der Waals surface area (Å²) in [5.74, 6) is -0.581. The molecule has 1 aromatic heterocycles. The first kappa shape index (κ1) is 15.5. The zero-order valence-electron chi connectivity index (χ0n) is 10.8. The number of methoxy groups -OCH3 is 1. The molecular weight excluding hydrogens is 365 g/mol. The number of benzene rings is 1. The largest absolute Gasteiger partial charge is 0.481 e. The fourth-order valence-electron chi connectivity index (χ4n) is 1.52. The minimum atomic E-state index is -4.11. The molecule has 0 atom stereocenters. The van der Waals surface area contributed by atoms with Crippen molar-refractivity contribution in [2.24, 2.45) is 0 Å². The van der Waals surface area contributed by atoms with Crippen molar-refractivity contribution in [2.75, 3.05) is 17.6 Å². The van der Waals surface area contributed by atoms with E-state index in [1.807, 2.05) is 0 Å². The summed E-state index contributed by atoms with van der Waals surface area (Å²) in [6.07, 6.45) is 1.26. The van der Waals surface area contributed by atoms with Crippen molar-refractivity contribution in [1.29, 1.82) is 0 Å². The van der Waals surface area contributed by atoms with E-state index in [1.165, 1.54) is 25.4 Å². The number of nitrogens with one attached hydrogen (secondary N) is 1. The van der Waals surface area contributed by atoms with Crippen LogP contribution in [0.3, 0.4) is 0 Å². The van der Waals surface area contributed by atoms with Crippen LogP contribution in [0.2, 0.25) is 0 Å². The first-order valence-corrected chi connectivity index (χ1v) is 7.88. The van der Waals surface area contributed by atoms with Crippen molar-refractivity contribution in [3.05, 3.63) is 40.8 Å². The Bertz CT molecular complexity index is 766. The number of aromatic nitrogens is 1. The highest BCUT2D eigenvalue weighted by atomic mass is 79.9. The highest BCUT2D eigenvalue weighted by Gasteiger charge is 2.21. The Morgan fingerprint density at radius 2 is 2.10 bits per heavy atom. The van der Waals surface area contributed by atoms with Crippen LogP contribution in [0.15, 0.2) is 39.8 Å². The standard InChI is InChI=1S/C12H11BrFN3O3S/c1-20-12-3-2-7(6-16-12)17-21(18,19)11-5-10(15)8(13)4-9(11)14/h2-6,17H,15H2,1H3.